The smallest absolute Gasteiger partial charge is 0.358 e. The third kappa shape index (κ3) is 17.2. The maximum Gasteiger partial charge on any atom is 0.358 e. The Morgan fingerprint density at radius 2 is 1.49 bits per heavy atom. The van der Waals surface area contributed by atoms with Crippen molar-refractivity contribution in [2.45, 2.75) is 94.1 Å². The number of phenols is 1. The predicted molar refractivity (Wildman–Crippen MR) is 191 cm³/mol. The third-order valence-corrected chi connectivity index (χ3v) is 6.98. The highest BCUT2D eigenvalue weighted by atomic mass is 31.1. The number of carbonyl (C=O) groups excluding carboxylic acids is 3. The first kappa shape index (κ1) is 46.9. The summed E-state index contributed by atoms with van der Waals surface area (Å²) in [6.45, 7) is 19.8. The van der Waals surface area contributed by atoms with E-state index in [9.17, 15) is 19.5 Å². The lowest BCUT2D eigenvalue weighted by Gasteiger charge is -2.26. The van der Waals surface area contributed by atoms with Crippen LogP contribution in [0.25, 0.3) is 0 Å². The lowest BCUT2D eigenvalue weighted by atomic mass is 9.81. The highest BCUT2D eigenvalue weighted by Gasteiger charge is 2.35. The van der Waals surface area contributed by atoms with Crippen LogP contribution in [-0.4, -0.2) is 47.5 Å². The van der Waals surface area contributed by atoms with E-state index in [1.807, 2.05) is 90.9 Å². The lowest BCUT2D eigenvalue weighted by molar-refractivity contribution is -0.150. The van der Waals surface area contributed by atoms with Gasteiger partial charge in [0.15, 0.2) is 0 Å². The summed E-state index contributed by atoms with van der Waals surface area (Å²) < 4.78 is 26.5. The molecule has 3 rings (SSSR count). The van der Waals surface area contributed by atoms with Crippen molar-refractivity contribution in [1.29, 1.82) is 0 Å². The van der Waals surface area contributed by atoms with Gasteiger partial charge in [0.1, 0.15) is 11.9 Å². The van der Waals surface area contributed by atoms with Crippen molar-refractivity contribution >= 4 is 27.1 Å². The Hall–Kier alpha value is -4.18. The number of pyridine rings is 1. The largest absolute Gasteiger partial charge is 0.508 e. The van der Waals surface area contributed by atoms with Gasteiger partial charge in [-0.25, -0.2) is 9.82 Å². The zero-order chi connectivity index (χ0) is 37.0. The number of methoxy groups -OCH3 is 1. The number of rotatable bonds is 10. The van der Waals surface area contributed by atoms with Gasteiger partial charge in [-0.15, -0.1) is 4.67 Å². The number of ether oxygens (including phenoxy) is 3. The molecule has 1 heterocycles. The van der Waals surface area contributed by atoms with Gasteiger partial charge in [-0.3, -0.25) is 19.4 Å². The van der Waals surface area contributed by atoms with Crippen molar-refractivity contribution in [1.82, 2.24) is 4.98 Å². The summed E-state index contributed by atoms with van der Waals surface area (Å²) in [5, 5.41) is 17.2. The normalized spacial score (nSPS) is 11.4. The van der Waals surface area contributed by atoms with Crippen molar-refractivity contribution in [2.24, 2.45) is 5.92 Å². The molecule has 0 aliphatic rings. The maximum absolute atomic E-state index is 12.2. The Labute approximate surface area is 293 Å². The summed E-state index contributed by atoms with van der Waals surface area (Å²) >= 11 is 0. The van der Waals surface area contributed by atoms with Gasteiger partial charge in [-0.05, 0) is 95.7 Å². The molecule has 11 nitrogen and oxygen atoms in total. The molecule has 0 fully saturated rings. The maximum atomic E-state index is 12.2. The first-order valence-corrected chi connectivity index (χ1v) is 16.0. The summed E-state index contributed by atoms with van der Waals surface area (Å²) in [5.41, 5.74) is 5.74. The SMILES string of the molecule is C.COC(=O)C(C)c1ccc(C)cc1.Cc1cc(C)c(C(C)(C)C(=O)OCC(C)C)c(O)c1.Cc1ccc(C(C)OC=O)nc1.O=POO. The van der Waals surface area contributed by atoms with E-state index in [2.05, 4.69) is 14.4 Å². The molecule has 0 radical (unpaired) electrons. The number of hydrogen-bond acceptors (Lipinski definition) is 11. The predicted octanol–water partition coefficient (Wildman–Crippen LogP) is 8.70. The number of nitrogens with zero attached hydrogens (tertiary/aromatic N) is 1. The van der Waals surface area contributed by atoms with Crippen LogP contribution in [0.3, 0.4) is 0 Å². The first-order valence-electron chi connectivity index (χ1n) is 15.2. The Kier molecular flexibility index (Phi) is 23.0. The van der Waals surface area contributed by atoms with Crippen LogP contribution < -0.4 is 0 Å². The monoisotopic (exact) mass is 703 g/mol. The van der Waals surface area contributed by atoms with Crippen LogP contribution in [0.5, 0.6) is 5.75 Å². The molecule has 2 N–H and O–H groups in total. The van der Waals surface area contributed by atoms with Crippen LogP contribution in [-0.2, 0) is 43.2 Å². The number of esters is 2. The molecule has 0 spiro atoms. The first-order chi connectivity index (χ1) is 22.5. The molecule has 2 unspecified atom stereocenters. The Morgan fingerprint density at radius 1 is 0.939 bits per heavy atom. The van der Waals surface area contributed by atoms with E-state index in [0.717, 1.165) is 27.9 Å². The molecule has 0 bridgehead atoms. The van der Waals surface area contributed by atoms with Crippen LogP contribution in [0, 0.1) is 33.6 Å². The van der Waals surface area contributed by atoms with Crippen LogP contribution in [0.4, 0.5) is 0 Å². The Balaban J connectivity index is 0. The van der Waals surface area contributed by atoms with Crippen molar-refractivity contribution in [3.63, 3.8) is 0 Å². The number of aromatic nitrogens is 1. The van der Waals surface area contributed by atoms with Crippen molar-refractivity contribution in [3.8, 4) is 5.75 Å². The number of benzene rings is 2. The second-order valence-electron chi connectivity index (χ2n) is 12.0. The lowest BCUT2D eigenvalue weighted by Crippen LogP contribution is -2.33. The highest BCUT2D eigenvalue weighted by Crippen LogP contribution is 2.35. The van der Waals surface area contributed by atoms with Crippen molar-refractivity contribution in [3.05, 3.63) is 93.8 Å². The summed E-state index contributed by atoms with van der Waals surface area (Å²) in [5.74, 6) is -0.214. The van der Waals surface area contributed by atoms with E-state index in [1.54, 1.807) is 33.0 Å². The molecule has 1 aromatic heterocycles. The number of carbonyl (C=O) groups is 3. The standard InChI is InChI=1S/C16H24O3.C11H14O2.C9H11NO2.CH4.HO3P/c1-10(2)9-19-15(18)16(5,6)14-12(4)7-11(3)8-13(14)17;1-8-4-6-10(7-5-8)9(2)11(12)13-3;1-7-3-4-9(10-5-7)8(2)12-6-11;;1-3-4-2/h7-8,10,17H,9H2,1-6H3;4-7,9H,1-3H3;3-6,8H,1-2H3;1H4;1H. The van der Waals surface area contributed by atoms with Crippen LogP contribution in [0.2, 0.25) is 0 Å². The van der Waals surface area contributed by atoms with Crippen molar-refractivity contribution in [2.75, 3.05) is 13.7 Å². The third-order valence-electron chi connectivity index (χ3n) is 6.92. The van der Waals surface area contributed by atoms with Gasteiger partial charge in [0, 0.05) is 11.8 Å². The zero-order valence-electron chi connectivity index (χ0n) is 29.8. The summed E-state index contributed by atoms with van der Waals surface area (Å²) in [6, 6.07) is 15.3. The van der Waals surface area contributed by atoms with E-state index in [4.69, 9.17) is 19.3 Å². The molecule has 0 amide bonds. The molecule has 0 aliphatic heterocycles. The minimum Gasteiger partial charge on any atom is -0.508 e. The van der Waals surface area contributed by atoms with Gasteiger partial charge in [-0.1, -0.05) is 63.2 Å². The molecular formula is C37H54NO10P. The zero-order valence-corrected chi connectivity index (χ0v) is 30.7. The van der Waals surface area contributed by atoms with E-state index in [-0.39, 0.29) is 37.1 Å². The molecule has 272 valence electrons. The fraction of sp³-hybridized carbons (Fsp3) is 0.459. The molecule has 2 atom stereocenters. The molecule has 3 aromatic rings. The molecule has 49 heavy (non-hydrogen) atoms. The highest BCUT2D eigenvalue weighted by molar-refractivity contribution is 7.17. The minimum atomic E-state index is -0.850. The van der Waals surface area contributed by atoms with E-state index in [1.165, 1.54) is 12.7 Å². The average Bonchev–Trinajstić information content (AvgIpc) is 3.03. The van der Waals surface area contributed by atoms with Crippen LogP contribution >= 0.6 is 8.69 Å². The molecule has 0 saturated heterocycles. The van der Waals surface area contributed by atoms with Gasteiger partial charge in [0.05, 0.1) is 30.7 Å². The number of aryl methyl sites for hydroxylation is 4. The molecule has 2 aromatic carbocycles. The molecule has 0 aliphatic carbocycles. The minimum absolute atomic E-state index is 0. The number of hydrogen-bond donors (Lipinski definition) is 2. The topological polar surface area (TPSA) is 159 Å². The summed E-state index contributed by atoms with van der Waals surface area (Å²) in [7, 11) is 0.714. The van der Waals surface area contributed by atoms with Crippen molar-refractivity contribution < 1.29 is 48.2 Å². The van der Waals surface area contributed by atoms with Gasteiger partial charge in [0.2, 0.25) is 0 Å². The van der Waals surface area contributed by atoms with Gasteiger partial charge < -0.3 is 19.3 Å². The Morgan fingerprint density at radius 3 is 1.92 bits per heavy atom. The van der Waals surface area contributed by atoms with Crippen LogP contribution in [0.15, 0.2) is 54.7 Å². The Bertz CT molecular complexity index is 1400. The molecular weight excluding hydrogens is 649 g/mol. The second kappa shape index (κ2) is 24.0. The fourth-order valence-electron chi connectivity index (χ4n) is 4.32. The summed E-state index contributed by atoms with van der Waals surface area (Å²) in [4.78, 5) is 37.5. The molecule has 0 saturated carbocycles. The fourth-order valence-corrected chi connectivity index (χ4v) is 4.32. The number of phenolic OH excluding ortho intramolecular Hbond substituents is 1. The number of aromatic hydroxyl groups is 1. The second-order valence-corrected chi connectivity index (χ2v) is 12.4. The van der Waals surface area contributed by atoms with E-state index < -0.39 is 14.1 Å². The van der Waals surface area contributed by atoms with E-state index in [0.29, 0.717) is 24.6 Å². The van der Waals surface area contributed by atoms with Crippen LogP contribution in [0.1, 0.15) is 100 Å². The van der Waals surface area contributed by atoms with Gasteiger partial charge >= 0.3 is 20.6 Å². The van der Waals surface area contributed by atoms with Gasteiger partial charge in [0.25, 0.3) is 6.47 Å². The van der Waals surface area contributed by atoms with Gasteiger partial charge in [-0.2, -0.15) is 0 Å². The summed E-state index contributed by atoms with van der Waals surface area (Å²) in [6.07, 6.45) is 1.49. The average molecular weight is 704 g/mol. The quantitative estimate of drug-likeness (QED) is 0.0519. The van der Waals surface area contributed by atoms with E-state index >= 15 is 0 Å². The molecule has 12 heteroatoms.